The summed E-state index contributed by atoms with van der Waals surface area (Å²) in [5.74, 6) is -1.65. The van der Waals surface area contributed by atoms with Crippen LogP contribution in [0, 0.1) is 0 Å². The molecule has 0 spiro atoms. The minimum absolute atomic E-state index is 0.0110. The van der Waals surface area contributed by atoms with Crippen molar-refractivity contribution >= 4 is 23.1 Å². The number of carbonyl (C=O) groups is 4. The molecule has 0 unspecified atom stereocenters. The van der Waals surface area contributed by atoms with Gasteiger partial charge in [0.2, 0.25) is 0 Å². The van der Waals surface area contributed by atoms with Crippen molar-refractivity contribution in [2.45, 2.75) is 26.7 Å². The topological polar surface area (TPSA) is 104 Å². The third-order valence-corrected chi connectivity index (χ3v) is 2.12. The van der Waals surface area contributed by atoms with Crippen LogP contribution in [-0.2, 0) is 35.1 Å². The van der Waals surface area contributed by atoms with Gasteiger partial charge in [-0.3, -0.25) is 0 Å². The van der Waals surface area contributed by atoms with E-state index in [1.807, 2.05) is 0 Å². The normalized spacial score (nSPS) is 12.0. The van der Waals surface area contributed by atoms with Crippen LogP contribution in [0.4, 0.5) is 0 Å². The number of allylic oxidation sites excluding steroid dienone is 2. The third-order valence-electron chi connectivity index (χ3n) is 1.84. The fourth-order valence-corrected chi connectivity index (χ4v) is 1.35. The first kappa shape index (κ1) is 17.3. The van der Waals surface area contributed by atoms with Gasteiger partial charge in [0.25, 0.3) is 0 Å². The molecule has 0 amide bonds. The zero-order chi connectivity index (χ0) is 15.0. The van der Waals surface area contributed by atoms with Crippen molar-refractivity contribution in [2.24, 2.45) is 0 Å². The number of ketones is 4. The minimum atomic E-state index is -0.537. The molecule has 0 aliphatic carbocycles. The standard InChI is InChI=1S/C12H15N2O4.Co/c1-7(15)3-9(17)5-11(13)12(14)6-10(18)4-8(2)16;/h5-6,13H,3-4H2,1-2H3,(H2,14,18);/q;+1/p-1. The molecule has 0 aromatic heterocycles. The average molecular weight is 309 g/mol. The molecular formula is C12H14CoN2O4. The summed E-state index contributed by atoms with van der Waals surface area (Å²) in [7, 11) is 0. The second kappa shape index (κ2) is 8.38. The van der Waals surface area contributed by atoms with Gasteiger partial charge in [-0.1, -0.05) is 0 Å². The molecule has 7 heteroatoms. The molecule has 19 heavy (non-hydrogen) atoms. The van der Waals surface area contributed by atoms with Crippen LogP contribution in [0.5, 0.6) is 0 Å². The summed E-state index contributed by atoms with van der Waals surface area (Å²) in [6.45, 7) is 2.53. The molecule has 0 aromatic rings. The van der Waals surface area contributed by atoms with Crippen molar-refractivity contribution in [1.82, 2.24) is 10.1 Å². The Bertz CT molecular complexity index is 466. The second-order valence-electron chi connectivity index (χ2n) is 3.89. The van der Waals surface area contributed by atoms with Crippen LogP contribution >= 0.6 is 0 Å². The molecule has 1 radical (unpaired) electrons. The number of hydrogen-bond acceptors (Lipinski definition) is 5. The Hall–Kier alpha value is -1.73. The number of Topliss-reactive ketones (excluding diaryl/α,β-unsaturated/α-hetero) is 2. The average Bonchev–Trinajstić information content (AvgIpc) is 2.23. The van der Waals surface area contributed by atoms with Crippen LogP contribution in [-0.4, -0.2) is 23.1 Å². The van der Waals surface area contributed by atoms with Crippen LogP contribution in [0.1, 0.15) is 26.7 Å². The van der Waals surface area contributed by atoms with Gasteiger partial charge < -0.3 is 0 Å². The SMILES string of the molecule is CC(=O)CC(=O)C=C([NH])C(=CC(=O)CC(C)=O)[NH][Co]. The van der Waals surface area contributed by atoms with Crippen molar-refractivity contribution in [3.8, 4) is 0 Å². The number of hydrogen-bond donors (Lipinski definition) is 1. The van der Waals surface area contributed by atoms with E-state index in [1.54, 1.807) is 0 Å². The van der Waals surface area contributed by atoms with Gasteiger partial charge in [0.1, 0.15) is 0 Å². The monoisotopic (exact) mass is 309 g/mol. The van der Waals surface area contributed by atoms with E-state index in [9.17, 15) is 19.2 Å². The maximum absolute atomic E-state index is 11.4. The zero-order valence-electron chi connectivity index (χ0n) is 10.5. The molecule has 2 N–H and O–H groups in total. The van der Waals surface area contributed by atoms with Gasteiger partial charge in [-0.2, -0.15) is 0 Å². The first-order valence-electron chi connectivity index (χ1n) is 5.30. The molecule has 6 nitrogen and oxygen atoms in total. The number of nitrogens with one attached hydrogen (secondary N) is 2. The van der Waals surface area contributed by atoms with Crippen LogP contribution < -0.4 is 10.1 Å². The molecule has 0 aliphatic heterocycles. The molecule has 0 atom stereocenters. The predicted octanol–water partition coefficient (Wildman–Crippen LogP) is 0.185. The van der Waals surface area contributed by atoms with Gasteiger partial charge in [0, 0.05) is 0 Å². The zero-order valence-corrected chi connectivity index (χ0v) is 11.6. The summed E-state index contributed by atoms with van der Waals surface area (Å²) in [6.07, 6.45) is 1.36. The van der Waals surface area contributed by atoms with Gasteiger partial charge in [0.15, 0.2) is 0 Å². The van der Waals surface area contributed by atoms with Crippen molar-refractivity contribution in [2.75, 3.05) is 0 Å². The quantitative estimate of drug-likeness (QED) is 0.391. The molecule has 0 saturated carbocycles. The molecule has 0 rings (SSSR count). The Morgan fingerprint density at radius 1 is 1.00 bits per heavy atom. The van der Waals surface area contributed by atoms with Crippen molar-refractivity contribution < 1.29 is 35.1 Å². The summed E-state index contributed by atoms with van der Waals surface area (Å²) in [6, 6.07) is 0. The van der Waals surface area contributed by atoms with E-state index < -0.39 is 11.6 Å². The Morgan fingerprint density at radius 3 is 1.79 bits per heavy atom. The summed E-state index contributed by atoms with van der Waals surface area (Å²) >= 11 is 3.77. The van der Waals surface area contributed by atoms with Crippen molar-refractivity contribution in [3.63, 3.8) is 0 Å². The van der Waals surface area contributed by atoms with E-state index >= 15 is 0 Å². The number of rotatable bonds is 8. The van der Waals surface area contributed by atoms with Crippen LogP contribution in [0.25, 0.3) is 0 Å². The Morgan fingerprint density at radius 2 is 1.42 bits per heavy atom. The van der Waals surface area contributed by atoms with E-state index in [0.29, 0.717) is 0 Å². The first-order valence-corrected chi connectivity index (χ1v) is 5.82. The number of carbonyl (C=O) groups excluding carboxylic acids is 4. The molecule has 0 fully saturated rings. The van der Waals surface area contributed by atoms with E-state index in [-0.39, 0.29) is 35.8 Å². The van der Waals surface area contributed by atoms with Crippen LogP contribution in [0.3, 0.4) is 0 Å². The van der Waals surface area contributed by atoms with Gasteiger partial charge in [-0.25, -0.2) is 0 Å². The third kappa shape index (κ3) is 8.06. The Kier molecular flexibility index (Phi) is 7.62. The van der Waals surface area contributed by atoms with Gasteiger partial charge in [0.05, 0.1) is 0 Å². The van der Waals surface area contributed by atoms with Crippen molar-refractivity contribution in [3.05, 3.63) is 23.5 Å². The second-order valence-corrected chi connectivity index (χ2v) is 4.15. The van der Waals surface area contributed by atoms with E-state index in [1.165, 1.54) is 13.8 Å². The summed E-state index contributed by atoms with van der Waals surface area (Å²) in [5.41, 5.74) is 7.30. The molecular weight excluding hydrogens is 295 g/mol. The van der Waals surface area contributed by atoms with Gasteiger partial charge >= 0.3 is 119 Å². The van der Waals surface area contributed by atoms with Gasteiger partial charge in [-0.05, 0) is 0 Å². The summed E-state index contributed by atoms with van der Waals surface area (Å²) in [4.78, 5) is 44.2. The molecule has 0 heterocycles. The van der Waals surface area contributed by atoms with Crippen LogP contribution in [0.15, 0.2) is 23.5 Å². The summed E-state index contributed by atoms with van der Waals surface area (Å²) < 4.78 is 2.29. The first-order chi connectivity index (χ1) is 8.76. The molecule has 0 bridgehead atoms. The van der Waals surface area contributed by atoms with E-state index in [2.05, 4.69) is 20.3 Å². The van der Waals surface area contributed by atoms with E-state index in [4.69, 9.17) is 5.73 Å². The Balaban J connectivity index is 4.94. The van der Waals surface area contributed by atoms with Crippen molar-refractivity contribution in [1.29, 1.82) is 0 Å². The molecule has 0 aromatic carbocycles. The summed E-state index contributed by atoms with van der Waals surface area (Å²) in [5, 5.41) is 0. The van der Waals surface area contributed by atoms with Crippen LogP contribution in [0.2, 0.25) is 0 Å². The fourth-order valence-electron chi connectivity index (χ4n) is 1.14. The molecule has 105 valence electrons. The van der Waals surface area contributed by atoms with Gasteiger partial charge in [-0.15, -0.1) is 0 Å². The predicted molar refractivity (Wildman–Crippen MR) is 63.0 cm³/mol. The molecule has 0 saturated heterocycles. The Labute approximate surface area is 119 Å². The molecule has 0 aliphatic rings. The maximum atomic E-state index is 11.4. The van der Waals surface area contributed by atoms with E-state index in [0.717, 1.165) is 12.2 Å². The fraction of sp³-hybridized carbons (Fsp3) is 0.333.